The van der Waals surface area contributed by atoms with Crippen molar-refractivity contribution < 1.29 is 14.3 Å². The van der Waals surface area contributed by atoms with Crippen molar-refractivity contribution in [1.29, 1.82) is 0 Å². The number of benzene rings is 1. The van der Waals surface area contributed by atoms with Crippen LogP contribution in [0.2, 0.25) is 0 Å². The predicted molar refractivity (Wildman–Crippen MR) is 119 cm³/mol. The number of piperidine rings is 1. The molecule has 7 nitrogen and oxygen atoms in total. The molecule has 0 radical (unpaired) electrons. The maximum Gasteiger partial charge on any atom is 0.410 e. The molecule has 0 bridgehead atoms. The molecule has 166 valence electrons. The van der Waals surface area contributed by atoms with Crippen LogP contribution in [-0.4, -0.2) is 62.4 Å². The van der Waals surface area contributed by atoms with Crippen LogP contribution in [0, 0.1) is 0 Å². The molecule has 0 atom stereocenters. The number of carbonyl (C=O) groups is 2. The molecule has 0 unspecified atom stereocenters. The Morgan fingerprint density at radius 1 is 1.00 bits per heavy atom. The van der Waals surface area contributed by atoms with Gasteiger partial charge in [0.25, 0.3) is 5.91 Å². The minimum Gasteiger partial charge on any atom is -0.444 e. The van der Waals surface area contributed by atoms with Crippen molar-refractivity contribution in [3.05, 3.63) is 42.2 Å². The monoisotopic (exact) mass is 424 g/mol. The third-order valence-electron chi connectivity index (χ3n) is 5.85. The van der Waals surface area contributed by atoms with Crippen LogP contribution in [-0.2, 0) is 11.8 Å². The average Bonchev–Trinajstić information content (AvgIpc) is 3.46. The van der Waals surface area contributed by atoms with Gasteiger partial charge in [-0.25, -0.2) is 4.79 Å². The number of nitrogens with zero attached hydrogens (tertiary/aromatic N) is 4. The van der Waals surface area contributed by atoms with Crippen molar-refractivity contribution in [3.8, 4) is 11.1 Å². The second-order valence-electron chi connectivity index (χ2n) is 9.62. The van der Waals surface area contributed by atoms with Gasteiger partial charge in [0, 0.05) is 49.5 Å². The lowest BCUT2D eigenvalue weighted by atomic mass is 10.0. The number of hydrogen-bond donors (Lipinski definition) is 0. The quantitative estimate of drug-likeness (QED) is 0.741. The summed E-state index contributed by atoms with van der Waals surface area (Å²) in [5.74, 6) is 0.0935. The maximum absolute atomic E-state index is 13.4. The molecule has 2 aromatic rings. The molecule has 1 aromatic carbocycles. The number of aryl methyl sites for hydroxylation is 1. The molecular weight excluding hydrogens is 392 g/mol. The van der Waals surface area contributed by atoms with Crippen molar-refractivity contribution in [2.24, 2.45) is 7.05 Å². The minimum absolute atomic E-state index is 0.0935. The molecule has 2 aliphatic rings. The van der Waals surface area contributed by atoms with Crippen molar-refractivity contribution in [1.82, 2.24) is 19.6 Å². The van der Waals surface area contributed by atoms with Gasteiger partial charge < -0.3 is 14.5 Å². The molecule has 1 saturated heterocycles. The Balaban J connectivity index is 1.41. The Bertz CT molecular complexity index is 932. The van der Waals surface area contributed by atoms with Crippen molar-refractivity contribution in [2.45, 2.75) is 64.1 Å². The highest BCUT2D eigenvalue weighted by Crippen LogP contribution is 2.34. The molecule has 1 aliphatic carbocycles. The fourth-order valence-corrected chi connectivity index (χ4v) is 4.16. The normalized spacial score (nSPS) is 17.5. The van der Waals surface area contributed by atoms with Gasteiger partial charge in [0.05, 0.1) is 6.20 Å². The highest BCUT2D eigenvalue weighted by atomic mass is 16.6. The van der Waals surface area contributed by atoms with Crippen LogP contribution in [0.25, 0.3) is 11.1 Å². The predicted octanol–water partition coefficient (Wildman–Crippen LogP) is 4.09. The summed E-state index contributed by atoms with van der Waals surface area (Å²) in [6, 6.07) is 8.28. The van der Waals surface area contributed by atoms with Gasteiger partial charge in [0.15, 0.2) is 0 Å². The van der Waals surface area contributed by atoms with E-state index >= 15 is 0 Å². The number of carbonyl (C=O) groups excluding carboxylic acids is 2. The van der Waals surface area contributed by atoms with E-state index < -0.39 is 5.60 Å². The highest BCUT2D eigenvalue weighted by Gasteiger charge is 2.39. The molecule has 7 heteroatoms. The first-order valence-corrected chi connectivity index (χ1v) is 11.1. The minimum atomic E-state index is -0.494. The van der Waals surface area contributed by atoms with Crippen LogP contribution < -0.4 is 0 Å². The highest BCUT2D eigenvalue weighted by molar-refractivity contribution is 5.95. The Kier molecular flexibility index (Phi) is 5.77. The summed E-state index contributed by atoms with van der Waals surface area (Å²) in [4.78, 5) is 29.6. The smallest absolute Gasteiger partial charge is 0.410 e. The van der Waals surface area contributed by atoms with Crippen LogP contribution in [0.4, 0.5) is 4.79 Å². The summed E-state index contributed by atoms with van der Waals surface area (Å²) >= 11 is 0. The van der Waals surface area contributed by atoms with Crippen LogP contribution >= 0.6 is 0 Å². The zero-order chi connectivity index (χ0) is 22.2. The fraction of sp³-hybridized carbons (Fsp3) is 0.542. The molecule has 2 fully saturated rings. The van der Waals surface area contributed by atoms with E-state index in [-0.39, 0.29) is 18.0 Å². The SMILES string of the molecule is Cn1cc(-c2ccc(C(=O)N(C3CC3)C3CCN(C(=O)OC(C)(C)C)CC3)cc2)cn1. The molecule has 4 rings (SSSR count). The molecule has 31 heavy (non-hydrogen) atoms. The molecular formula is C24H32N4O3. The molecule has 2 heterocycles. The Labute approximate surface area is 184 Å². The number of hydrogen-bond acceptors (Lipinski definition) is 4. The van der Waals surface area contributed by atoms with Crippen LogP contribution in [0.15, 0.2) is 36.7 Å². The van der Waals surface area contributed by atoms with Gasteiger partial charge in [-0.2, -0.15) is 5.10 Å². The zero-order valence-corrected chi connectivity index (χ0v) is 18.9. The lowest BCUT2D eigenvalue weighted by Crippen LogP contribution is -2.50. The van der Waals surface area contributed by atoms with Gasteiger partial charge in [-0.05, 0) is 64.2 Å². The third kappa shape index (κ3) is 5.09. The van der Waals surface area contributed by atoms with E-state index in [1.165, 1.54) is 0 Å². The van der Waals surface area contributed by atoms with E-state index in [1.54, 1.807) is 9.58 Å². The van der Waals surface area contributed by atoms with Gasteiger partial charge in [-0.3, -0.25) is 9.48 Å². The topological polar surface area (TPSA) is 67.7 Å². The maximum atomic E-state index is 13.4. The van der Waals surface area contributed by atoms with Gasteiger partial charge in [-0.15, -0.1) is 0 Å². The van der Waals surface area contributed by atoms with Gasteiger partial charge in [-0.1, -0.05) is 12.1 Å². The molecule has 0 N–H and O–H groups in total. The number of amides is 2. The summed E-state index contributed by atoms with van der Waals surface area (Å²) in [6.45, 7) is 6.88. The van der Waals surface area contributed by atoms with E-state index in [2.05, 4.69) is 10.00 Å². The number of ether oxygens (including phenoxy) is 1. The zero-order valence-electron chi connectivity index (χ0n) is 18.9. The standard InChI is InChI=1S/C24H32N4O3/c1-24(2,3)31-23(30)27-13-11-21(12-14-27)28(20-9-10-20)22(29)18-7-5-17(6-8-18)19-15-25-26(4)16-19/h5-8,15-16,20-21H,9-14H2,1-4H3. The lowest BCUT2D eigenvalue weighted by molar-refractivity contribution is 0.0142. The summed E-state index contributed by atoms with van der Waals surface area (Å²) in [5, 5.41) is 4.21. The summed E-state index contributed by atoms with van der Waals surface area (Å²) in [5.41, 5.74) is 2.31. The van der Waals surface area contributed by atoms with Crippen molar-refractivity contribution in [2.75, 3.05) is 13.1 Å². The van der Waals surface area contributed by atoms with E-state index in [1.807, 2.05) is 64.5 Å². The van der Waals surface area contributed by atoms with Gasteiger partial charge in [0.1, 0.15) is 5.60 Å². The van der Waals surface area contributed by atoms with Crippen LogP contribution in [0.5, 0.6) is 0 Å². The first-order chi connectivity index (χ1) is 14.7. The molecule has 1 aliphatic heterocycles. The third-order valence-corrected chi connectivity index (χ3v) is 5.85. The first-order valence-electron chi connectivity index (χ1n) is 11.1. The van der Waals surface area contributed by atoms with Crippen LogP contribution in [0.3, 0.4) is 0 Å². The summed E-state index contributed by atoms with van der Waals surface area (Å²) < 4.78 is 7.27. The molecule has 2 amide bonds. The van der Waals surface area contributed by atoms with E-state index in [4.69, 9.17) is 4.74 Å². The summed E-state index contributed by atoms with van der Waals surface area (Å²) in [7, 11) is 1.89. The van der Waals surface area contributed by atoms with Crippen LogP contribution in [0.1, 0.15) is 56.8 Å². The van der Waals surface area contributed by atoms with E-state index in [0.29, 0.717) is 24.7 Å². The Morgan fingerprint density at radius 3 is 2.13 bits per heavy atom. The number of likely N-dealkylation sites (tertiary alicyclic amines) is 1. The fourth-order valence-electron chi connectivity index (χ4n) is 4.16. The van der Waals surface area contributed by atoms with Gasteiger partial charge >= 0.3 is 6.09 Å². The largest absolute Gasteiger partial charge is 0.444 e. The van der Waals surface area contributed by atoms with Gasteiger partial charge in [0.2, 0.25) is 0 Å². The molecule has 1 aromatic heterocycles. The Hall–Kier alpha value is -2.83. The van der Waals surface area contributed by atoms with E-state index in [0.717, 1.165) is 36.8 Å². The average molecular weight is 425 g/mol. The first kappa shape index (κ1) is 21.4. The number of rotatable bonds is 4. The van der Waals surface area contributed by atoms with Crippen molar-refractivity contribution >= 4 is 12.0 Å². The molecule has 1 saturated carbocycles. The van der Waals surface area contributed by atoms with E-state index in [9.17, 15) is 9.59 Å². The second kappa shape index (κ2) is 8.36. The Morgan fingerprint density at radius 2 is 1.61 bits per heavy atom. The summed E-state index contributed by atoms with van der Waals surface area (Å²) in [6.07, 6.45) is 7.22. The second-order valence-corrected chi connectivity index (χ2v) is 9.62. The lowest BCUT2D eigenvalue weighted by Gasteiger charge is -2.39. The number of aromatic nitrogens is 2. The molecule has 0 spiro atoms. The van der Waals surface area contributed by atoms with Crippen molar-refractivity contribution in [3.63, 3.8) is 0 Å².